The van der Waals surface area contributed by atoms with Crippen molar-refractivity contribution in [3.8, 4) is 35.5 Å². The minimum atomic E-state index is -5.96. The molecule has 0 spiro atoms. The fourth-order valence-electron chi connectivity index (χ4n) is 23.3. The molecule has 9 unspecified atom stereocenters. The van der Waals surface area contributed by atoms with Crippen molar-refractivity contribution in [3.05, 3.63) is 69.9 Å². The van der Waals surface area contributed by atoms with Crippen LogP contribution in [0.2, 0.25) is 0 Å². The van der Waals surface area contributed by atoms with E-state index < -0.39 is 124 Å². The second kappa shape index (κ2) is 36.7. The Hall–Kier alpha value is -6.95. The largest absolute Gasteiger partial charge is 0.462 e. The molecule has 0 amide bonds. The van der Waals surface area contributed by atoms with Crippen molar-refractivity contribution in [1.82, 2.24) is 0 Å². The predicted molar refractivity (Wildman–Crippen MR) is 412 cm³/mol. The molecule has 12 saturated carbocycles. The summed E-state index contributed by atoms with van der Waals surface area (Å²) in [5.74, 6) is 7.68. The summed E-state index contributed by atoms with van der Waals surface area (Å²) in [6.45, 7) is 12.4. The number of allylic oxidation sites excluding steroid dienone is 9. The molecule has 0 aromatic carbocycles. The molecule has 12 rings (SSSR count). The average molecular weight is 1770 g/mol. The Morgan fingerprint density at radius 2 is 0.618 bits per heavy atom. The number of ether oxygens (including phenoxy) is 5. The Morgan fingerprint density at radius 3 is 0.854 bits per heavy atom. The third-order valence-electron chi connectivity index (χ3n) is 29.1. The fourth-order valence-corrected chi connectivity index (χ4v) is 23.3. The smallest absolute Gasteiger partial charge is 0.450 e. The number of aliphatic hydroxyl groups is 4. The van der Waals surface area contributed by atoms with Crippen LogP contribution in [0.4, 0.5) is 79.0 Å². The van der Waals surface area contributed by atoms with Crippen LogP contribution in [0.3, 0.4) is 0 Å². The minimum Gasteiger partial charge on any atom is -0.462 e. The molecule has 14 nitrogen and oxygen atoms in total. The van der Waals surface area contributed by atoms with Crippen molar-refractivity contribution in [2.24, 2.45) is 68.0 Å². The molecule has 12 aliphatic rings. The van der Waals surface area contributed by atoms with Gasteiger partial charge in [0.1, 0.15) is 24.4 Å². The van der Waals surface area contributed by atoms with Gasteiger partial charge in [0, 0.05) is 92.4 Å². The Labute approximate surface area is 705 Å². The second-order valence-corrected chi connectivity index (χ2v) is 37.7. The monoisotopic (exact) mass is 1770 g/mol. The van der Waals surface area contributed by atoms with E-state index >= 15 is 0 Å². The summed E-state index contributed by atoms with van der Waals surface area (Å²) in [7, 11) is 0. The number of alkyl halides is 18. The lowest BCUT2D eigenvalue weighted by Crippen LogP contribution is -2.58. The Bertz CT molecular complexity index is 4190. The maximum Gasteiger partial charge on any atom is 0.450 e. The molecule has 0 aromatic heterocycles. The number of rotatable bonds is 14. The minimum absolute atomic E-state index is 0.0666. The first-order chi connectivity index (χ1) is 56.8. The first-order valence-corrected chi connectivity index (χ1v) is 42.6. The van der Waals surface area contributed by atoms with Crippen molar-refractivity contribution < 1.29 is 147 Å². The van der Waals surface area contributed by atoms with Gasteiger partial charge in [-0.25, -0.2) is 0 Å². The lowest BCUT2D eigenvalue weighted by atomic mass is 9.59. The van der Waals surface area contributed by atoms with Gasteiger partial charge in [-0.1, -0.05) is 108 Å². The van der Waals surface area contributed by atoms with Crippen molar-refractivity contribution in [3.63, 3.8) is 0 Å². The molecule has 15 atom stereocenters. The van der Waals surface area contributed by atoms with Crippen LogP contribution in [0.1, 0.15) is 267 Å². The van der Waals surface area contributed by atoms with Gasteiger partial charge in [0.2, 0.25) is 0 Å². The average Bonchev–Trinajstić information content (AvgIpc) is 1.54. The number of hydrogen-bond acceptors (Lipinski definition) is 14. The van der Waals surface area contributed by atoms with E-state index in [1.165, 1.54) is 50.3 Å². The quantitative estimate of drug-likeness (QED) is 0.0552. The molecule has 0 aromatic rings. The zero-order valence-electron chi connectivity index (χ0n) is 70.4. The van der Waals surface area contributed by atoms with Gasteiger partial charge in [0.15, 0.2) is 0 Å². The number of carbonyl (C=O) groups is 5. The van der Waals surface area contributed by atoms with Gasteiger partial charge in [0.25, 0.3) is 0 Å². The summed E-state index contributed by atoms with van der Waals surface area (Å²) in [5, 5.41) is 38.7. The molecule has 12 aliphatic carbocycles. The molecule has 0 saturated heterocycles. The molecule has 4 N–H and O–H groups in total. The first-order valence-electron chi connectivity index (χ1n) is 42.6. The van der Waals surface area contributed by atoms with E-state index in [1.54, 1.807) is 0 Å². The van der Waals surface area contributed by atoms with E-state index in [9.17, 15) is 123 Å². The molecule has 123 heavy (non-hydrogen) atoms. The van der Waals surface area contributed by atoms with Gasteiger partial charge >= 0.3 is 83.7 Å². The second-order valence-electron chi connectivity index (χ2n) is 37.7. The van der Waals surface area contributed by atoms with E-state index in [4.69, 9.17) is 18.9 Å². The summed E-state index contributed by atoms with van der Waals surface area (Å²) in [6.07, 6.45) is -4.58. The zero-order chi connectivity index (χ0) is 91.1. The van der Waals surface area contributed by atoms with Crippen LogP contribution < -0.4 is 0 Å². The van der Waals surface area contributed by atoms with Crippen molar-refractivity contribution in [2.45, 2.75) is 358 Å². The Balaban J connectivity index is 0.000000194. The summed E-state index contributed by atoms with van der Waals surface area (Å²) in [5.41, 5.74) is -9.99. The topological polar surface area (TPSA) is 212 Å². The number of hydrogen-bond donors (Lipinski definition) is 4. The molecule has 12 fully saturated rings. The van der Waals surface area contributed by atoms with Gasteiger partial charge < -0.3 is 44.1 Å². The number of fused-ring (bicyclic) bond motifs is 3. The van der Waals surface area contributed by atoms with Gasteiger partial charge in [-0.15, -0.1) is 0 Å². The van der Waals surface area contributed by atoms with Crippen LogP contribution in [-0.2, 0) is 47.7 Å². The Kier molecular flexibility index (Phi) is 29.3. The molecular weight excluding hydrogens is 1660 g/mol. The van der Waals surface area contributed by atoms with Crippen LogP contribution >= 0.6 is 0 Å². The summed E-state index contributed by atoms with van der Waals surface area (Å²) in [6, 6.07) is 0. The van der Waals surface area contributed by atoms with Gasteiger partial charge in [-0.2, -0.15) is 79.0 Å². The molecule has 0 heterocycles. The molecular formula is C91H112F18O14. The fraction of sp³-hybridized carbons (Fsp3) is 0.747. The zero-order valence-corrected chi connectivity index (χ0v) is 70.4. The highest BCUT2D eigenvalue weighted by molar-refractivity contribution is 5.68. The maximum absolute atomic E-state index is 13.7. The van der Waals surface area contributed by atoms with Crippen LogP contribution in [0.5, 0.6) is 0 Å². The summed E-state index contributed by atoms with van der Waals surface area (Å²) < 4.78 is 264. The maximum atomic E-state index is 13.7. The molecule has 0 bridgehead atoms. The molecule has 0 radical (unpaired) electrons. The van der Waals surface area contributed by atoms with Crippen LogP contribution in [0.15, 0.2) is 69.9 Å². The third kappa shape index (κ3) is 21.7. The lowest BCUT2D eigenvalue weighted by molar-refractivity contribution is -0.346. The predicted octanol–water partition coefficient (Wildman–Crippen LogP) is 20.8. The van der Waals surface area contributed by atoms with E-state index in [1.807, 2.05) is 18.2 Å². The number of carbonyl (C=O) groups excluding carboxylic acids is 5. The first kappa shape index (κ1) is 98.2. The van der Waals surface area contributed by atoms with E-state index in [-0.39, 0.29) is 83.2 Å². The van der Waals surface area contributed by atoms with Crippen molar-refractivity contribution in [2.75, 3.05) is 0 Å². The third-order valence-corrected chi connectivity index (χ3v) is 29.1. The van der Waals surface area contributed by atoms with Gasteiger partial charge in [-0.3, -0.25) is 24.0 Å². The van der Waals surface area contributed by atoms with E-state index in [0.29, 0.717) is 103 Å². The van der Waals surface area contributed by atoms with Crippen molar-refractivity contribution in [1.29, 1.82) is 0 Å². The highest BCUT2D eigenvalue weighted by Crippen LogP contribution is 2.73. The summed E-state index contributed by atoms with van der Waals surface area (Å²) >= 11 is 0. The van der Waals surface area contributed by atoms with Crippen LogP contribution in [0.25, 0.3) is 0 Å². The molecule has 0 aliphatic heterocycles. The van der Waals surface area contributed by atoms with Gasteiger partial charge in [0.05, 0.1) is 12.2 Å². The highest BCUT2D eigenvalue weighted by Gasteiger charge is 2.75. The van der Waals surface area contributed by atoms with Crippen LogP contribution in [0, 0.1) is 104 Å². The number of halogens is 18. The Morgan fingerprint density at radius 1 is 0.358 bits per heavy atom. The molecule has 686 valence electrons. The highest BCUT2D eigenvalue weighted by atomic mass is 19.4. The van der Waals surface area contributed by atoms with Crippen LogP contribution in [-0.4, -0.2) is 141 Å². The standard InChI is InChI=1S/C33H40F6O6.C31H38F6O5.C27H34F6O3/c1-20(40)43-25-17-23(18-26(19-25)44-21(2)41)8-9-24-7-5-12-29(4)27(24)10-11-28(29)30(15-16-30)13-6-14-31(32(34,35)36,33(37,38)39)45-22(3)42;1-19(38)41-23-16-21(17-24(18-23)42-20(2)39)7-8-22-6-4-11-27(3)25(22)9-10-26(27)28(14-15-28)12-5-13-29(40,30(32,33)34)31(35,36)37;1-23-9-2-4-18(6-5-17-14-19(34)16-20(35)15-17)21(23)7-8-22(23)24(12-13-24)10-3-11-25(36,26(28,29)30)27(31,32)33/h8-9,25-28H,5,7,10-13,15-19H2,1-4H3;7-8,23-26,40H,4,6,9-12,14-18H2,1-3H3;5-6,19-22,34-36H,2,4,7-10,12-16H2,1H3/b23-8?,24-9+;21-7?,22-8+;17-5?,18-6+/t25-,26?,27?,28?,29+;23-,24?,25?,26?,27+;19-,20?,21?,22?,23+/m111/s1. The molecule has 32 heteroatoms. The number of aliphatic hydroxyl groups excluding tert-OH is 2. The summed E-state index contributed by atoms with van der Waals surface area (Å²) in [4.78, 5) is 57.6. The van der Waals surface area contributed by atoms with Crippen molar-refractivity contribution >= 4 is 29.8 Å². The normalized spacial score (nSPS) is 33.6. The van der Waals surface area contributed by atoms with E-state index in [2.05, 4.69) is 61.5 Å². The van der Waals surface area contributed by atoms with Gasteiger partial charge in [-0.05, 0) is 240 Å². The lowest BCUT2D eigenvalue weighted by Gasteiger charge is -2.45. The SMILES string of the molecule is CC(=O)OC1CC(=C/C=C2\CCC[C@@]3(C)C2CCC3C2(CC#CC(O)(C(F)(F)F)C(F)(F)F)CC2)C[C@@H](OC(C)=O)C1.CC(=O)OC1CC(=C/C=C2\CCC[C@@]3(C)C2CCC3C2(CC#CC(OC(C)=O)(C(F)(F)F)C(F)(F)F)CC2)C[C@@H](OC(C)=O)C1.C[C@]12CCC/C(=C\C=C3CC(O)C[C@H](O)C3)C1CCC2C1(CC#CC(O)(C(F)(F)F)C(F)(F)F)CC1. The van der Waals surface area contributed by atoms with E-state index in [0.717, 1.165) is 125 Å². The number of esters is 5.